The Kier molecular flexibility index (Phi) is 4.77. The number of ether oxygens (including phenoxy) is 1. The van der Waals surface area contributed by atoms with E-state index in [0.717, 1.165) is 10.0 Å². The molecular formula is C12H15N3O3S2. The number of aryl methyl sites for hydroxylation is 1. The topological polar surface area (TPSA) is 73.6 Å². The Bertz CT molecular complexity index is 680. The van der Waals surface area contributed by atoms with Crippen molar-refractivity contribution in [2.24, 2.45) is 0 Å². The van der Waals surface area contributed by atoms with Gasteiger partial charge in [0, 0.05) is 17.0 Å². The molecule has 0 spiro atoms. The minimum atomic E-state index is -0.255. The largest absolute Gasteiger partial charge is 0.469 e. The second-order valence-corrected chi connectivity index (χ2v) is 6.85. The maximum atomic E-state index is 11.9. The summed E-state index contributed by atoms with van der Waals surface area (Å²) in [6.45, 7) is 3.87. The molecule has 0 bridgehead atoms. The molecule has 108 valence electrons. The lowest BCUT2D eigenvalue weighted by Crippen LogP contribution is -2.15. The number of methoxy groups -OCH3 is 1. The molecule has 8 heteroatoms. The lowest BCUT2D eigenvalue weighted by atomic mass is 10.3. The van der Waals surface area contributed by atoms with Crippen molar-refractivity contribution in [1.29, 1.82) is 0 Å². The zero-order valence-corrected chi connectivity index (χ0v) is 13.1. The number of hydrogen-bond acceptors (Lipinski definition) is 7. The van der Waals surface area contributed by atoms with Crippen molar-refractivity contribution in [3.05, 3.63) is 22.1 Å². The average molecular weight is 313 g/mol. The van der Waals surface area contributed by atoms with Gasteiger partial charge in [0.2, 0.25) is 4.96 Å². The Balaban J connectivity index is 2.22. The van der Waals surface area contributed by atoms with Crippen molar-refractivity contribution in [2.45, 2.75) is 36.3 Å². The Morgan fingerprint density at radius 1 is 1.60 bits per heavy atom. The molecule has 0 saturated carbocycles. The molecule has 2 heterocycles. The number of carbonyl (C=O) groups excluding carboxylic acids is 1. The molecule has 6 nitrogen and oxygen atoms in total. The second-order valence-electron chi connectivity index (χ2n) is 4.21. The summed E-state index contributed by atoms with van der Waals surface area (Å²) in [5, 5.41) is 4.26. The van der Waals surface area contributed by atoms with Crippen molar-refractivity contribution in [1.82, 2.24) is 14.6 Å². The average Bonchev–Trinajstić information content (AvgIpc) is 2.81. The summed E-state index contributed by atoms with van der Waals surface area (Å²) in [5.74, 6) is -0.255. The van der Waals surface area contributed by atoms with Crippen LogP contribution in [0.25, 0.3) is 4.96 Å². The van der Waals surface area contributed by atoms with Crippen LogP contribution in [0, 0.1) is 0 Å². The van der Waals surface area contributed by atoms with Gasteiger partial charge in [-0.1, -0.05) is 36.9 Å². The van der Waals surface area contributed by atoms with Crippen LogP contribution in [0.1, 0.15) is 26.0 Å². The van der Waals surface area contributed by atoms with Crippen molar-refractivity contribution in [2.75, 3.05) is 7.11 Å². The van der Waals surface area contributed by atoms with Crippen LogP contribution in [0.4, 0.5) is 0 Å². The molecule has 0 aliphatic carbocycles. The third-order valence-corrected chi connectivity index (χ3v) is 4.72. The van der Waals surface area contributed by atoms with Gasteiger partial charge in [-0.15, -0.1) is 5.10 Å². The molecule has 2 aromatic heterocycles. The number of rotatable bonds is 5. The standard InChI is InChI=1S/C12H15N3O3S2/c1-4-8-6-9(16)15-11(13-8)20-12(14-15)19-7(2)5-10(17)18-3/h6-7H,4-5H2,1-3H3. The van der Waals surface area contributed by atoms with Gasteiger partial charge in [-0.3, -0.25) is 9.59 Å². The zero-order valence-electron chi connectivity index (χ0n) is 11.5. The van der Waals surface area contributed by atoms with Crippen LogP contribution in [-0.2, 0) is 16.0 Å². The summed E-state index contributed by atoms with van der Waals surface area (Å²) in [6.07, 6.45) is 1.02. The molecule has 0 aromatic carbocycles. The molecule has 0 saturated heterocycles. The van der Waals surface area contributed by atoms with Gasteiger partial charge in [0.05, 0.1) is 13.5 Å². The molecule has 2 aromatic rings. The van der Waals surface area contributed by atoms with Gasteiger partial charge >= 0.3 is 5.97 Å². The summed E-state index contributed by atoms with van der Waals surface area (Å²) in [6, 6.07) is 1.50. The lowest BCUT2D eigenvalue weighted by molar-refractivity contribution is -0.140. The van der Waals surface area contributed by atoms with Gasteiger partial charge < -0.3 is 4.74 Å². The highest BCUT2D eigenvalue weighted by atomic mass is 32.2. The fourth-order valence-electron chi connectivity index (χ4n) is 1.60. The molecule has 1 atom stereocenters. The van der Waals surface area contributed by atoms with Gasteiger partial charge in [-0.05, 0) is 6.42 Å². The Morgan fingerprint density at radius 3 is 3.00 bits per heavy atom. The Labute approximate surface area is 124 Å². The zero-order chi connectivity index (χ0) is 14.7. The summed E-state index contributed by atoms with van der Waals surface area (Å²) < 4.78 is 6.65. The Morgan fingerprint density at radius 2 is 2.35 bits per heavy atom. The van der Waals surface area contributed by atoms with E-state index >= 15 is 0 Å². The second kappa shape index (κ2) is 6.36. The minimum Gasteiger partial charge on any atom is -0.469 e. The van der Waals surface area contributed by atoms with Gasteiger partial charge in [0.25, 0.3) is 5.56 Å². The van der Waals surface area contributed by atoms with E-state index in [2.05, 4.69) is 14.8 Å². The predicted molar refractivity (Wildman–Crippen MR) is 78.5 cm³/mol. The van der Waals surface area contributed by atoms with Gasteiger partial charge in [0.15, 0.2) is 4.34 Å². The number of carbonyl (C=O) groups is 1. The van der Waals surface area contributed by atoms with E-state index in [1.54, 1.807) is 0 Å². The third kappa shape index (κ3) is 3.37. The van der Waals surface area contributed by atoms with Crippen LogP contribution in [0.3, 0.4) is 0 Å². The third-order valence-electron chi connectivity index (χ3n) is 2.63. The quantitative estimate of drug-likeness (QED) is 0.618. The van der Waals surface area contributed by atoms with Crippen LogP contribution >= 0.6 is 23.1 Å². The van der Waals surface area contributed by atoms with Crippen molar-refractivity contribution in [3.8, 4) is 0 Å². The maximum Gasteiger partial charge on any atom is 0.306 e. The van der Waals surface area contributed by atoms with Gasteiger partial charge in [0.1, 0.15) is 0 Å². The molecular weight excluding hydrogens is 298 g/mol. The first kappa shape index (κ1) is 15.0. The van der Waals surface area contributed by atoms with E-state index < -0.39 is 0 Å². The van der Waals surface area contributed by atoms with Crippen LogP contribution in [0.2, 0.25) is 0 Å². The highest BCUT2D eigenvalue weighted by Crippen LogP contribution is 2.28. The van der Waals surface area contributed by atoms with Crippen molar-refractivity contribution in [3.63, 3.8) is 0 Å². The number of hydrogen-bond donors (Lipinski definition) is 0. The number of thioether (sulfide) groups is 1. The number of nitrogens with zero attached hydrogens (tertiary/aromatic N) is 3. The highest BCUT2D eigenvalue weighted by molar-refractivity contribution is 8.01. The summed E-state index contributed by atoms with van der Waals surface area (Å²) in [4.78, 5) is 28.0. The van der Waals surface area contributed by atoms with Crippen molar-refractivity contribution < 1.29 is 9.53 Å². The normalized spacial score (nSPS) is 12.6. The molecule has 0 fully saturated rings. The molecule has 0 N–H and O–H groups in total. The number of esters is 1. The summed E-state index contributed by atoms with van der Waals surface area (Å²) in [5.41, 5.74) is 0.591. The number of fused-ring (bicyclic) bond motifs is 1. The molecule has 20 heavy (non-hydrogen) atoms. The van der Waals surface area contributed by atoms with Crippen molar-refractivity contribution >= 4 is 34.0 Å². The fourth-order valence-corrected chi connectivity index (χ4v) is 3.86. The molecule has 0 aliphatic heterocycles. The molecule has 0 amide bonds. The van der Waals surface area contributed by atoms with E-state index in [0.29, 0.717) is 17.8 Å². The van der Waals surface area contributed by atoms with Crippen LogP contribution in [0.5, 0.6) is 0 Å². The molecule has 1 unspecified atom stereocenters. The smallest absolute Gasteiger partial charge is 0.306 e. The fraction of sp³-hybridized carbons (Fsp3) is 0.500. The molecule has 2 rings (SSSR count). The van der Waals surface area contributed by atoms with Gasteiger partial charge in [-0.25, -0.2) is 4.98 Å². The maximum absolute atomic E-state index is 11.9. The van der Waals surface area contributed by atoms with Crippen LogP contribution in [0.15, 0.2) is 15.2 Å². The number of aromatic nitrogens is 3. The lowest BCUT2D eigenvalue weighted by Gasteiger charge is -2.05. The first-order chi connectivity index (χ1) is 9.53. The first-order valence-corrected chi connectivity index (χ1v) is 7.86. The molecule has 0 aliphatic rings. The van der Waals surface area contributed by atoms with E-state index in [-0.39, 0.29) is 16.8 Å². The van der Waals surface area contributed by atoms with E-state index in [1.165, 1.54) is 40.8 Å². The van der Waals surface area contributed by atoms with Crippen LogP contribution in [-0.4, -0.2) is 32.9 Å². The predicted octanol–water partition coefficient (Wildman–Crippen LogP) is 1.76. The first-order valence-electron chi connectivity index (χ1n) is 6.16. The summed E-state index contributed by atoms with van der Waals surface area (Å²) >= 11 is 2.80. The monoisotopic (exact) mass is 313 g/mol. The van der Waals surface area contributed by atoms with E-state index in [9.17, 15) is 9.59 Å². The minimum absolute atomic E-state index is 0.0318. The van der Waals surface area contributed by atoms with E-state index in [4.69, 9.17) is 0 Å². The van der Waals surface area contributed by atoms with Gasteiger partial charge in [-0.2, -0.15) is 4.52 Å². The highest BCUT2D eigenvalue weighted by Gasteiger charge is 2.15. The molecule has 0 radical (unpaired) electrons. The van der Waals surface area contributed by atoms with Crippen LogP contribution < -0.4 is 5.56 Å². The van der Waals surface area contributed by atoms with E-state index in [1.807, 2.05) is 13.8 Å². The SMILES string of the molecule is CCc1cc(=O)n2nc(SC(C)CC(=O)OC)sc2n1. The summed E-state index contributed by atoms with van der Waals surface area (Å²) in [7, 11) is 1.37. The Hall–Kier alpha value is -1.41.